The van der Waals surface area contributed by atoms with Gasteiger partial charge in [0, 0.05) is 11.3 Å². The number of para-hydroxylation sites is 1. The van der Waals surface area contributed by atoms with Crippen LogP contribution in [0.5, 0.6) is 5.75 Å². The van der Waals surface area contributed by atoms with E-state index in [1.54, 1.807) is 0 Å². The Morgan fingerprint density at radius 3 is 2.86 bits per heavy atom. The molecule has 3 rings (SSSR count). The first-order valence-corrected chi connectivity index (χ1v) is 7.62. The molecule has 22 heavy (non-hydrogen) atoms. The highest BCUT2D eigenvalue weighted by Gasteiger charge is 2.30. The van der Waals surface area contributed by atoms with Gasteiger partial charge in [-0.25, -0.2) is 4.99 Å². The van der Waals surface area contributed by atoms with E-state index in [0.717, 1.165) is 23.4 Å². The molecule has 2 aromatic rings. The normalized spacial score (nSPS) is 20.4. The molecule has 114 valence electrons. The van der Waals surface area contributed by atoms with Crippen molar-refractivity contribution in [1.29, 1.82) is 0 Å². The van der Waals surface area contributed by atoms with Gasteiger partial charge in [-0.3, -0.25) is 0 Å². The van der Waals surface area contributed by atoms with Gasteiger partial charge in [0.2, 0.25) is 0 Å². The molecule has 2 atom stereocenters. The first-order chi connectivity index (χ1) is 10.7. The van der Waals surface area contributed by atoms with Crippen molar-refractivity contribution >= 4 is 11.6 Å². The highest BCUT2D eigenvalue weighted by Crippen LogP contribution is 2.38. The summed E-state index contributed by atoms with van der Waals surface area (Å²) in [5.74, 6) is 1.30. The van der Waals surface area contributed by atoms with E-state index in [0.29, 0.717) is 5.96 Å². The number of nitrogens with two attached hydrogens (primary N) is 1. The number of aliphatic imine (C=N–C) groups is 1. The SMILES string of the molecule is CCc1cccc(NC(N)=NC2c3ccccc3OC2C)c1. The molecule has 1 heterocycles. The first kappa shape index (κ1) is 14.4. The van der Waals surface area contributed by atoms with Crippen molar-refractivity contribution < 1.29 is 4.74 Å². The number of nitrogens with one attached hydrogen (secondary N) is 1. The van der Waals surface area contributed by atoms with Crippen LogP contribution in [-0.2, 0) is 6.42 Å². The molecule has 0 saturated carbocycles. The maximum Gasteiger partial charge on any atom is 0.193 e. The zero-order valence-electron chi connectivity index (χ0n) is 12.9. The van der Waals surface area contributed by atoms with Gasteiger partial charge in [0.05, 0.1) is 0 Å². The van der Waals surface area contributed by atoms with Gasteiger partial charge in [-0.1, -0.05) is 37.3 Å². The summed E-state index contributed by atoms with van der Waals surface area (Å²) in [6.45, 7) is 4.14. The summed E-state index contributed by atoms with van der Waals surface area (Å²) in [6.07, 6.45) is 0.979. The monoisotopic (exact) mass is 295 g/mol. The number of fused-ring (bicyclic) bond motifs is 1. The molecule has 0 saturated heterocycles. The lowest BCUT2D eigenvalue weighted by atomic mass is 10.1. The largest absolute Gasteiger partial charge is 0.488 e. The number of guanidine groups is 1. The number of benzene rings is 2. The Bertz CT molecular complexity index is 696. The Morgan fingerprint density at radius 1 is 1.23 bits per heavy atom. The van der Waals surface area contributed by atoms with Gasteiger partial charge in [-0.15, -0.1) is 0 Å². The molecule has 0 aliphatic carbocycles. The van der Waals surface area contributed by atoms with E-state index in [2.05, 4.69) is 29.4 Å². The number of ether oxygens (including phenoxy) is 1. The molecular formula is C18H21N3O. The first-order valence-electron chi connectivity index (χ1n) is 7.62. The number of anilines is 1. The summed E-state index contributed by atoms with van der Waals surface area (Å²) in [4.78, 5) is 4.61. The van der Waals surface area contributed by atoms with Gasteiger partial charge >= 0.3 is 0 Å². The standard InChI is InChI=1S/C18H21N3O/c1-3-13-7-6-8-14(11-13)20-18(19)21-17-12(2)22-16-10-5-4-9-15(16)17/h4-12,17H,3H2,1-2H3,(H3,19,20,21). The second-order valence-electron chi connectivity index (χ2n) is 5.50. The quantitative estimate of drug-likeness (QED) is 0.673. The lowest BCUT2D eigenvalue weighted by Gasteiger charge is -2.13. The summed E-state index contributed by atoms with van der Waals surface area (Å²) in [5.41, 5.74) is 9.39. The van der Waals surface area contributed by atoms with Gasteiger partial charge in [0.1, 0.15) is 17.9 Å². The maximum atomic E-state index is 6.08. The molecular weight excluding hydrogens is 274 g/mol. The van der Waals surface area contributed by atoms with Crippen molar-refractivity contribution in [3.8, 4) is 5.75 Å². The molecule has 2 unspecified atom stereocenters. The molecule has 4 nitrogen and oxygen atoms in total. The predicted octanol–water partition coefficient (Wildman–Crippen LogP) is 3.50. The summed E-state index contributed by atoms with van der Waals surface area (Å²) < 4.78 is 5.82. The average Bonchev–Trinajstić information content (AvgIpc) is 2.83. The molecule has 0 spiro atoms. The summed E-state index contributed by atoms with van der Waals surface area (Å²) in [7, 11) is 0. The van der Waals surface area contributed by atoms with E-state index in [4.69, 9.17) is 10.5 Å². The van der Waals surface area contributed by atoms with Crippen molar-refractivity contribution in [2.45, 2.75) is 32.4 Å². The average molecular weight is 295 g/mol. The zero-order valence-corrected chi connectivity index (χ0v) is 12.9. The van der Waals surface area contributed by atoms with Crippen LogP contribution in [0.15, 0.2) is 53.5 Å². The molecule has 4 heteroatoms. The van der Waals surface area contributed by atoms with Crippen molar-refractivity contribution in [3.63, 3.8) is 0 Å². The third kappa shape index (κ3) is 2.91. The van der Waals surface area contributed by atoms with Crippen LogP contribution in [-0.4, -0.2) is 12.1 Å². The minimum atomic E-state index is -0.0712. The van der Waals surface area contributed by atoms with Gasteiger partial charge in [-0.2, -0.15) is 0 Å². The summed E-state index contributed by atoms with van der Waals surface area (Å²) >= 11 is 0. The van der Waals surface area contributed by atoms with Crippen LogP contribution in [0.3, 0.4) is 0 Å². The van der Waals surface area contributed by atoms with Crippen LogP contribution in [0.4, 0.5) is 5.69 Å². The number of aryl methyl sites for hydroxylation is 1. The Labute approximate surface area is 131 Å². The van der Waals surface area contributed by atoms with Crippen molar-refractivity contribution in [2.75, 3.05) is 5.32 Å². The highest BCUT2D eigenvalue weighted by atomic mass is 16.5. The fourth-order valence-electron chi connectivity index (χ4n) is 2.72. The van der Waals surface area contributed by atoms with E-state index < -0.39 is 0 Å². The van der Waals surface area contributed by atoms with Gasteiger partial charge in [0.15, 0.2) is 5.96 Å². The molecule has 2 aromatic carbocycles. The van der Waals surface area contributed by atoms with Crippen LogP contribution in [0.1, 0.15) is 31.0 Å². The van der Waals surface area contributed by atoms with E-state index in [1.165, 1.54) is 5.56 Å². The minimum absolute atomic E-state index is 0.0141. The summed E-state index contributed by atoms with van der Waals surface area (Å²) in [6, 6.07) is 16.1. The highest BCUT2D eigenvalue weighted by molar-refractivity contribution is 5.92. The Morgan fingerprint density at radius 2 is 2.05 bits per heavy atom. The minimum Gasteiger partial charge on any atom is -0.488 e. The van der Waals surface area contributed by atoms with Gasteiger partial charge in [-0.05, 0) is 37.1 Å². The molecule has 0 fully saturated rings. The number of hydrogen-bond acceptors (Lipinski definition) is 2. The summed E-state index contributed by atoms with van der Waals surface area (Å²) in [5, 5.41) is 3.17. The van der Waals surface area contributed by atoms with Crippen molar-refractivity contribution in [2.24, 2.45) is 10.7 Å². The van der Waals surface area contributed by atoms with Crippen molar-refractivity contribution in [1.82, 2.24) is 0 Å². The van der Waals surface area contributed by atoms with Gasteiger partial charge < -0.3 is 15.8 Å². The smallest absolute Gasteiger partial charge is 0.193 e. The van der Waals surface area contributed by atoms with E-state index in [-0.39, 0.29) is 12.1 Å². The molecule has 0 radical (unpaired) electrons. The van der Waals surface area contributed by atoms with E-state index in [9.17, 15) is 0 Å². The predicted molar refractivity (Wildman–Crippen MR) is 90.3 cm³/mol. The zero-order chi connectivity index (χ0) is 15.5. The second-order valence-corrected chi connectivity index (χ2v) is 5.50. The Hall–Kier alpha value is -2.49. The van der Waals surface area contributed by atoms with Crippen LogP contribution < -0.4 is 15.8 Å². The third-order valence-electron chi connectivity index (χ3n) is 3.88. The van der Waals surface area contributed by atoms with Crippen LogP contribution in [0, 0.1) is 0 Å². The third-order valence-corrected chi connectivity index (χ3v) is 3.88. The van der Waals surface area contributed by atoms with Crippen molar-refractivity contribution in [3.05, 3.63) is 59.7 Å². The molecule has 0 amide bonds. The maximum absolute atomic E-state index is 6.08. The number of nitrogens with zero attached hydrogens (tertiary/aromatic N) is 1. The van der Waals surface area contributed by atoms with Crippen LogP contribution in [0.25, 0.3) is 0 Å². The fourth-order valence-corrected chi connectivity index (χ4v) is 2.72. The molecule has 0 aromatic heterocycles. The molecule has 3 N–H and O–H groups in total. The Kier molecular flexibility index (Phi) is 4.00. The number of hydrogen-bond donors (Lipinski definition) is 2. The number of rotatable bonds is 3. The topological polar surface area (TPSA) is 59.6 Å². The van der Waals surface area contributed by atoms with E-state index >= 15 is 0 Å². The molecule has 1 aliphatic rings. The molecule has 1 aliphatic heterocycles. The lowest BCUT2D eigenvalue weighted by Crippen LogP contribution is -2.25. The van der Waals surface area contributed by atoms with Gasteiger partial charge in [0.25, 0.3) is 0 Å². The van der Waals surface area contributed by atoms with E-state index in [1.807, 2.05) is 43.3 Å². The second kappa shape index (κ2) is 6.10. The Balaban J connectivity index is 1.79. The van der Waals surface area contributed by atoms with Crippen LogP contribution >= 0.6 is 0 Å². The van der Waals surface area contributed by atoms with Crippen LogP contribution in [0.2, 0.25) is 0 Å². The lowest BCUT2D eigenvalue weighted by molar-refractivity contribution is 0.229. The fraction of sp³-hybridized carbons (Fsp3) is 0.278. The molecule has 0 bridgehead atoms.